The molecule has 1 N–H and O–H groups in total. The van der Waals surface area contributed by atoms with E-state index in [4.69, 9.17) is 4.98 Å². The summed E-state index contributed by atoms with van der Waals surface area (Å²) in [5.74, 6) is -0.0773. The number of amides is 1. The van der Waals surface area contributed by atoms with Crippen molar-refractivity contribution in [2.45, 2.75) is 19.4 Å². The molecule has 3 heteroatoms. The molecule has 138 valence electrons. The number of pyridine rings is 1. The van der Waals surface area contributed by atoms with Crippen LogP contribution in [0, 0.1) is 0 Å². The lowest BCUT2D eigenvalue weighted by molar-refractivity contribution is 0.0937. The molecule has 3 nitrogen and oxygen atoms in total. The molecule has 4 aromatic rings. The van der Waals surface area contributed by atoms with Crippen molar-refractivity contribution in [2.24, 2.45) is 0 Å². The summed E-state index contributed by atoms with van der Waals surface area (Å²) in [6.45, 7) is 2.08. The summed E-state index contributed by atoms with van der Waals surface area (Å²) in [6.07, 6.45) is 0.824. The normalized spacial score (nSPS) is 11.9. The Labute approximate surface area is 165 Å². The Bertz CT molecular complexity index is 1090. The third-order valence-corrected chi connectivity index (χ3v) is 4.95. The number of carbonyl (C=O) groups excluding carboxylic acids is 1. The molecular weight excluding hydrogens is 344 g/mol. The fourth-order valence-electron chi connectivity index (χ4n) is 3.46. The molecule has 1 amide bonds. The molecule has 0 aliphatic heterocycles. The van der Waals surface area contributed by atoms with Gasteiger partial charge in [-0.3, -0.25) is 4.79 Å². The van der Waals surface area contributed by atoms with Gasteiger partial charge < -0.3 is 5.32 Å². The Kier molecular flexibility index (Phi) is 5.16. The first-order valence-electron chi connectivity index (χ1n) is 9.57. The lowest BCUT2D eigenvalue weighted by atomic mass is 10.0. The summed E-state index contributed by atoms with van der Waals surface area (Å²) in [6, 6.07) is 29.7. The number of hydrogen-bond donors (Lipinski definition) is 1. The Balaban J connectivity index is 1.75. The Morgan fingerprint density at radius 1 is 0.893 bits per heavy atom. The van der Waals surface area contributed by atoms with E-state index in [1.807, 2.05) is 78.9 Å². The van der Waals surface area contributed by atoms with Crippen LogP contribution in [-0.4, -0.2) is 10.9 Å². The highest BCUT2D eigenvalue weighted by Crippen LogP contribution is 2.26. The van der Waals surface area contributed by atoms with Gasteiger partial charge in [-0.1, -0.05) is 85.8 Å². The number of benzene rings is 3. The van der Waals surface area contributed by atoms with Gasteiger partial charge in [0.25, 0.3) is 5.91 Å². The largest absolute Gasteiger partial charge is 0.345 e. The van der Waals surface area contributed by atoms with Crippen LogP contribution in [0.25, 0.3) is 22.2 Å². The van der Waals surface area contributed by atoms with Crippen molar-refractivity contribution in [1.29, 1.82) is 0 Å². The molecule has 0 aliphatic carbocycles. The number of fused-ring (bicyclic) bond motifs is 1. The quantitative estimate of drug-likeness (QED) is 0.486. The molecule has 4 rings (SSSR count). The number of hydrogen-bond acceptors (Lipinski definition) is 2. The molecule has 0 radical (unpaired) electrons. The zero-order valence-electron chi connectivity index (χ0n) is 15.8. The highest BCUT2D eigenvalue weighted by Gasteiger charge is 2.17. The maximum Gasteiger partial charge on any atom is 0.252 e. The van der Waals surface area contributed by atoms with Crippen molar-refractivity contribution >= 4 is 16.8 Å². The number of nitrogens with one attached hydrogen (secondary N) is 1. The van der Waals surface area contributed by atoms with Gasteiger partial charge in [0, 0.05) is 10.9 Å². The van der Waals surface area contributed by atoms with E-state index < -0.39 is 0 Å². The molecule has 0 saturated heterocycles. The minimum absolute atomic E-state index is 0.0270. The number of nitrogens with zero attached hydrogens (tertiary/aromatic N) is 1. The molecule has 0 spiro atoms. The van der Waals surface area contributed by atoms with Crippen molar-refractivity contribution in [3.63, 3.8) is 0 Å². The number of para-hydroxylation sites is 1. The molecule has 28 heavy (non-hydrogen) atoms. The van der Waals surface area contributed by atoms with E-state index in [2.05, 4.69) is 24.4 Å². The summed E-state index contributed by atoms with van der Waals surface area (Å²) in [7, 11) is 0. The summed E-state index contributed by atoms with van der Waals surface area (Å²) < 4.78 is 0. The van der Waals surface area contributed by atoms with Crippen LogP contribution in [0.2, 0.25) is 0 Å². The van der Waals surface area contributed by atoms with E-state index in [-0.39, 0.29) is 11.9 Å². The molecule has 0 aliphatic rings. The molecule has 0 bridgehead atoms. The van der Waals surface area contributed by atoms with Crippen molar-refractivity contribution in [1.82, 2.24) is 10.3 Å². The topological polar surface area (TPSA) is 42.0 Å². The van der Waals surface area contributed by atoms with Crippen LogP contribution in [0.1, 0.15) is 35.3 Å². The second-order valence-electron chi connectivity index (χ2n) is 6.78. The van der Waals surface area contributed by atoms with Crippen LogP contribution in [0.15, 0.2) is 91.0 Å². The van der Waals surface area contributed by atoms with Gasteiger partial charge in [0.15, 0.2) is 0 Å². The van der Waals surface area contributed by atoms with E-state index in [1.54, 1.807) is 0 Å². The summed E-state index contributed by atoms with van der Waals surface area (Å²) in [5.41, 5.74) is 4.38. The van der Waals surface area contributed by atoms with Crippen molar-refractivity contribution in [3.8, 4) is 11.3 Å². The maximum absolute atomic E-state index is 13.2. The first-order chi connectivity index (χ1) is 13.8. The van der Waals surface area contributed by atoms with Gasteiger partial charge in [0.1, 0.15) is 0 Å². The smallest absolute Gasteiger partial charge is 0.252 e. The SMILES string of the molecule is CCC(NC(=O)c1cc(-c2ccccc2)nc2ccccc12)c1ccccc1. The molecule has 1 unspecified atom stereocenters. The van der Waals surface area contributed by atoms with Crippen LogP contribution in [0.5, 0.6) is 0 Å². The standard InChI is InChI=1S/C25H22N2O/c1-2-22(18-11-5-3-6-12-18)27-25(28)21-17-24(19-13-7-4-8-14-19)26-23-16-10-9-15-20(21)23/h3-17,22H,2H2,1H3,(H,27,28). The molecule has 3 aromatic carbocycles. The summed E-state index contributed by atoms with van der Waals surface area (Å²) >= 11 is 0. The Morgan fingerprint density at radius 2 is 1.54 bits per heavy atom. The molecule has 1 heterocycles. The van der Waals surface area contributed by atoms with E-state index >= 15 is 0 Å². The van der Waals surface area contributed by atoms with Crippen LogP contribution < -0.4 is 5.32 Å². The minimum atomic E-state index is -0.0773. The second-order valence-corrected chi connectivity index (χ2v) is 6.78. The zero-order valence-corrected chi connectivity index (χ0v) is 15.8. The number of aromatic nitrogens is 1. The Hall–Kier alpha value is -3.46. The number of carbonyl (C=O) groups is 1. The first kappa shape index (κ1) is 17.9. The fraction of sp³-hybridized carbons (Fsp3) is 0.120. The maximum atomic E-state index is 13.2. The van der Waals surface area contributed by atoms with Crippen molar-refractivity contribution in [3.05, 3.63) is 102 Å². The molecule has 0 fully saturated rings. The average molecular weight is 366 g/mol. The van der Waals surface area contributed by atoms with Gasteiger partial charge in [0.2, 0.25) is 0 Å². The van der Waals surface area contributed by atoms with Crippen LogP contribution in [-0.2, 0) is 0 Å². The van der Waals surface area contributed by atoms with Crippen LogP contribution in [0.4, 0.5) is 0 Å². The third-order valence-electron chi connectivity index (χ3n) is 4.95. The molecule has 1 aromatic heterocycles. The average Bonchev–Trinajstić information content (AvgIpc) is 2.77. The van der Waals surface area contributed by atoms with E-state index in [0.717, 1.165) is 34.1 Å². The Morgan fingerprint density at radius 3 is 2.25 bits per heavy atom. The predicted octanol–water partition coefficient (Wildman–Crippen LogP) is 5.78. The van der Waals surface area contributed by atoms with Gasteiger partial charge in [-0.15, -0.1) is 0 Å². The second kappa shape index (κ2) is 8.05. The lowest BCUT2D eigenvalue weighted by Gasteiger charge is -2.18. The van der Waals surface area contributed by atoms with Gasteiger partial charge in [-0.2, -0.15) is 0 Å². The van der Waals surface area contributed by atoms with Crippen LogP contribution in [0.3, 0.4) is 0 Å². The van der Waals surface area contributed by atoms with Gasteiger partial charge in [0.05, 0.1) is 22.8 Å². The van der Waals surface area contributed by atoms with E-state index in [1.165, 1.54) is 0 Å². The van der Waals surface area contributed by atoms with E-state index in [0.29, 0.717) is 5.56 Å². The summed E-state index contributed by atoms with van der Waals surface area (Å²) in [4.78, 5) is 18.0. The first-order valence-corrected chi connectivity index (χ1v) is 9.57. The van der Waals surface area contributed by atoms with Crippen LogP contribution >= 0.6 is 0 Å². The highest BCUT2D eigenvalue weighted by atomic mass is 16.1. The monoisotopic (exact) mass is 366 g/mol. The molecular formula is C25H22N2O. The molecule has 0 saturated carbocycles. The fourth-order valence-corrected chi connectivity index (χ4v) is 3.46. The molecule has 1 atom stereocenters. The lowest BCUT2D eigenvalue weighted by Crippen LogP contribution is -2.28. The summed E-state index contributed by atoms with van der Waals surface area (Å²) in [5, 5.41) is 4.07. The third kappa shape index (κ3) is 3.65. The minimum Gasteiger partial charge on any atom is -0.345 e. The zero-order chi connectivity index (χ0) is 19.3. The van der Waals surface area contributed by atoms with Gasteiger partial charge in [-0.05, 0) is 24.1 Å². The van der Waals surface area contributed by atoms with E-state index in [9.17, 15) is 4.79 Å². The van der Waals surface area contributed by atoms with Crippen molar-refractivity contribution < 1.29 is 4.79 Å². The predicted molar refractivity (Wildman–Crippen MR) is 114 cm³/mol. The van der Waals surface area contributed by atoms with Gasteiger partial charge in [-0.25, -0.2) is 4.98 Å². The van der Waals surface area contributed by atoms with Crippen molar-refractivity contribution in [2.75, 3.05) is 0 Å². The highest BCUT2D eigenvalue weighted by molar-refractivity contribution is 6.07. The van der Waals surface area contributed by atoms with Gasteiger partial charge >= 0.3 is 0 Å². The number of rotatable bonds is 5.